The fourth-order valence-electron chi connectivity index (χ4n) is 2.65. The van der Waals surface area contributed by atoms with E-state index in [-0.39, 0.29) is 5.54 Å². The lowest BCUT2D eigenvalue weighted by Gasteiger charge is -2.36. The zero-order valence-corrected chi connectivity index (χ0v) is 13.5. The van der Waals surface area contributed by atoms with Gasteiger partial charge >= 0.3 is 0 Å². The molecule has 6 heteroatoms. The minimum Gasteiger partial charge on any atom is -0.316 e. The quantitative estimate of drug-likeness (QED) is 0.694. The van der Waals surface area contributed by atoms with Gasteiger partial charge in [0, 0.05) is 18.6 Å². The normalized spacial score (nSPS) is 20.9. The first-order chi connectivity index (χ1) is 8.84. The lowest BCUT2D eigenvalue weighted by Crippen LogP contribution is -2.52. The highest BCUT2D eigenvalue weighted by molar-refractivity contribution is 7.90. The lowest BCUT2D eigenvalue weighted by molar-refractivity contribution is 0.161. The van der Waals surface area contributed by atoms with Crippen LogP contribution in [0.4, 0.5) is 0 Å². The third-order valence-electron chi connectivity index (χ3n) is 4.30. The van der Waals surface area contributed by atoms with Crippen molar-refractivity contribution in [1.29, 1.82) is 0 Å². The van der Waals surface area contributed by atoms with Crippen LogP contribution >= 0.6 is 0 Å². The van der Waals surface area contributed by atoms with Crippen LogP contribution in [0.25, 0.3) is 0 Å². The molecule has 1 aliphatic rings. The molecule has 0 aliphatic heterocycles. The van der Waals surface area contributed by atoms with Gasteiger partial charge in [-0.1, -0.05) is 19.8 Å². The second-order valence-corrected chi connectivity index (χ2v) is 7.99. The highest BCUT2D eigenvalue weighted by Gasteiger charge is 2.37. The molecule has 0 aromatic rings. The molecule has 1 aliphatic carbocycles. The molecule has 1 atom stereocenters. The number of hydrogen-bond acceptors (Lipinski definition) is 4. The highest BCUT2D eigenvalue weighted by atomic mass is 32.2. The fraction of sp³-hybridized carbons (Fsp3) is 1.00. The van der Waals surface area contributed by atoms with Crippen molar-refractivity contribution < 1.29 is 8.42 Å². The summed E-state index contributed by atoms with van der Waals surface area (Å²) in [6.45, 7) is 5.55. The van der Waals surface area contributed by atoms with Crippen molar-refractivity contribution in [3.05, 3.63) is 0 Å². The van der Waals surface area contributed by atoms with Gasteiger partial charge in [0.15, 0.2) is 0 Å². The Bertz CT molecular complexity index is 362. The van der Waals surface area contributed by atoms with Crippen LogP contribution in [0.3, 0.4) is 0 Å². The second kappa shape index (κ2) is 7.02. The molecule has 0 saturated heterocycles. The summed E-state index contributed by atoms with van der Waals surface area (Å²) >= 11 is 0. The van der Waals surface area contributed by atoms with Gasteiger partial charge in [-0.15, -0.1) is 0 Å². The van der Waals surface area contributed by atoms with Gasteiger partial charge in [0.1, 0.15) is 0 Å². The number of likely N-dealkylation sites (N-methyl/N-ethyl adjacent to an activating group) is 1. The molecule has 0 heterocycles. The summed E-state index contributed by atoms with van der Waals surface area (Å²) in [4.78, 5) is 2.18. The van der Waals surface area contributed by atoms with Gasteiger partial charge in [-0.2, -0.15) is 0 Å². The van der Waals surface area contributed by atoms with Crippen molar-refractivity contribution >= 4 is 10.0 Å². The van der Waals surface area contributed by atoms with Crippen molar-refractivity contribution in [2.75, 3.05) is 33.7 Å². The number of rotatable bonds is 8. The van der Waals surface area contributed by atoms with Crippen molar-refractivity contribution in [2.45, 2.75) is 50.3 Å². The van der Waals surface area contributed by atoms with E-state index < -0.39 is 15.3 Å². The minimum absolute atomic E-state index is 0.00494. The molecule has 1 unspecified atom stereocenters. The Hall–Kier alpha value is -0.170. The van der Waals surface area contributed by atoms with Gasteiger partial charge in [0.05, 0.1) is 5.25 Å². The molecule has 0 aromatic heterocycles. The predicted octanol–water partition coefficient (Wildman–Crippen LogP) is 0.778. The van der Waals surface area contributed by atoms with E-state index in [1.807, 2.05) is 21.0 Å². The van der Waals surface area contributed by atoms with E-state index in [1.54, 1.807) is 6.92 Å². The Morgan fingerprint density at radius 2 is 1.84 bits per heavy atom. The Morgan fingerprint density at radius 3 is 2.32 bits per heavy atom. The maximum absolute atomic E-state index is 12.2. The summed E-state index contributed by atoms with van der Waals surface area (Å²) in [5, 5.41) is 2.69. The maximum Gasteiger partial charge on any atom is 0.215 e. The zero-order chi connectivity index (χ0) is 14.5. The zero-order valence-electron chi connectivity index (χ0n) is 12.7. The number of nitrogens with zero attached hydrogens (tertiary/aromatic N) is 1. The largest absolute Gasteiger partial charge is 0.316 e. The Morgan fingerprint density at radius 1 is 1.26 bits per heavy atom. The van der Waals surface area contributed by atoms with Crippen molar-refractivity contribution in [1.82, 2.24) is 14.9 Å². The van der Waals surface area contributed by atoms with Crippen LogP contribution in [0.5, 0.6) is 0 Å². The Kier molecular flexibility index (Phi) is 6.23. The van der Waals surface area contributed by atoms with E-state index in [2.05, 4.69) is 14.9 Å². The van der Waals surface area contributed by atoms with Crippen LogP contribution in [0.1, 0.15) is 39.5 Å². The maximum atomic E-state index is 12.2. The van der Waals surface area contributed by atoms with Gasteiger partial charge in [-0.3, -0.25) is 0 Å². The molecule has 0 bridgehead atoms. The molecule has 5 nitrogen and oxygen atoms in total. The Labute approximate surface area is 118 Å². The summed E-state index contributed by atoms with van der Waals surface area (Å²) in [6, 6.07) is 0. The first-order valence-electron chi connectivity index (χ1n) is 7.21. The van der Waals surface area contributed by atoms with Crippen LogP contribution in [-0.2, 0) is 10.0 Å². The van der Waals surface area contributed by atoms with Gasteiger partial charge in [0.2, 0.25) is 10.0 Å². The standard InChI is InChI=1S/C13H29N3O2S/c1-5-14-10-12(2)19(17,18)15-11-13(16(3)4)8-6-7-9-13/h12,14-15H,5-11H2,1-4H3. The minimum atomic E-state index is -3.23. The van der Waals surface area contributed by atoms with E-state index >= 15 is 0 Å². The topological polar surface area (TPSA) is 61.4 Å². The van der Waals surface area contributed by atoms with E-state index in [0.29, 0.717) is 13.1 Å². The summed E-state index contributed by atoms with van der Waals surface area (Å²) in [5.41, 5.74) is 0.00494. The third kappa shape index (κ3) is 4.41. The van der Waals surface area contributed by atoms with Crippen LogP contribution in [0.2, 0.25) is 0 Å². The van der Waals surface area contributed by atoms with Crippen LogP contribution in [-0.4, -0.2) is 57.8 Å². The van der Waals surface area contributed by atoms with Gasteiger partial charge in [-0.05, 0) is 40.4 Å². The molecule has 1 rings (SSSR count). The molecular weight excluding hydrogens is 262 g/mol. The van der Waals surface area contributed by atoms with Crippen molar-refractivity contribution in [3.63, 3.8) is 0 Å². The van der Waals surface area contributed by atoms with Crippen molar-refractivity contribution in [2.24, 2.45) is 0 Å². The monoisotopic (exact) mass is 291 g/mol. The smallest absolute Gasteiger partial charge is 0.215 e. The van der Waals surface area contributed by atoms with Gasteiger partial charge in [-0.25, -0.2) is 13.1 Å². The third-order valence-corrected chi connectivity index (χ3v) is 6.07. The molecule has 0 radical (unpaired) electrons. The molecule has 2 N–H and O–H groups in total. The van der Waals surface area contributed by atoms with Crippen molar-refractivity contribution in [3.8, 4) is 0 Å². The second-order valence-electron chi connectivity index (χ2n) is 5.81. The van der Waals surface area contributed by atoms with Crippen LogP contribution < -0.4 is 10.0 Å². The SMILES string of the molecule is CCNCC(C)S(=O)(=O)NCC1(N(C)C)CCCC1. The summed E-state index contributed by atoms with van der Waals surface area (Å²) in [5.74, 6) is 0. The number of hydrogen-bond donors (Lipinski definition) is 2. The average molecular weight is 291 g/mol. The van der Waals surface area contributed by atoms with Crippen LogP contribution in [0, 0.1) is 0 Å². The molecular formula is C13H29N3O2S. The first kappa shape index (κ1) is 16.9. The molecule has 0 aromatic carbocycles. The molecule has 0 amide bonds. The molecule has 1 saturated carbocycles. The van der Waals surface area contributed by atoms with E-state index in [9.17, 15) is 8.42 Å². The predicted molar refractivity (Wildman–Crippen MR) is 79.8 cm³/mol. The van der Waals surface area contributed by atoms with E-state index in [0.717, 1.165) is 19.4 Å². The van der Waals surface area contributed by atoms with Gasteiger partial charge in [0.25, 0.3) is 0 Å². The van der Waals surface area contributed by atoms with Gasteiger partial charge < -0.3 is 10.2 Å². The van der Waals surface area contributed by atoms with Crippen LogP contribution in [0.15, 0.2) is 0 Å². The molecule has 1 fully saturated rings. The Balaban J connectivity index is 2.58. The first-order valence-corrected chi connectivity index (χ1v) is 8.75. The lowest BCUT2D eigenvalue weighted by atomic mass is 9.97. The summed E-state index contributed by atoms with van der Waals surface area (Å²) in [7, 11) is 0.856. The highest BCUT2D eigenvalue weighted by Crippen LogP contribution is 2.33. The molecule has 114 valence electrons. The summed E-state index contributed by atoms with van der Waals surface area (Å²) in [6.07, 6.45) is 4.52. The number of sulfonamides is 1. The summed E-state index contributed by atoms with van der Waals surface area (Å²) < 4.78 is 27.2. The molecule has 0 spiro atoms. The fourth-order valence-corrected chi connectivity index (χ4v) is 3.74. The average Bonchev–Trinajstić information content (AvgIpc) is 2.83. The number of nitrogens with one attached hydrogen (secondary N) is 2. The van der Waals surface area contributed by atoms with E-state index in [1.165, 1.54) is 12.8 Å². The van der Waals surface area contributed by atoms with E-state index in [4.69, 9.17) is 0 Å². The molecule has 19 heavy (non-hydrogen) atoms.